The Balaban J connectivity index is 2.08. The molecule has 3 nitrogen and oxygen atoms in total. The minimum atomic E-state index is 0.261. The molecule has 17 heavy (non-hydrogen) atoms. The van der Waals surface area contributed by atoms with Crippen LogP contribution in [0.2, 0.25) is 0 Å². The number of aliphatic hydroxyl groups excluding tert-OH is 1. The second kappa shape index (κ2) is 5.94. The number of aromatic nitrogens is 1. The van der Waals surface area contributed by atoms with Crippen LogP contribution in [0, 0.1) is 0 Å². The summed E-state index contributed by atoms with van der Waals surface area (Å²) in [6, 6.07) is 0.834. The van der Waals surface area contributed by atoms with Crippen LogP contribution in [0.4, 0.5) is 0 Å². The summed E-state index contributed by atoms with van der Waals surface area (Å²) in [5, 5.41) is 13.8. The summed E-state index contributed by atoms with van der Waals surface area (Å²) in [6.45, 7) is 4.57. The molecule has 2 N–H and O–H groups in total. The van der Waals surface area contributed by atoms with E-state index < -0.39 is 0 Å². The molecule has 4 heteroatoms. The summed E-state index contributed by atoms with van der Waals surface area (Å²) in [5.74, 6) is 0. The summed E-state index contributed by atoms with van der Waals surface area (Å²) in [5.41, 5.74) is 1.31. The molecule has 0 bridgehead atoms. The number of hydrogen-bond donors (Lipinski definition) is 2. The van der Waals surface area contributed by atoms with Gasteiger partial charge in [-0.05, 0) is 39.0 Å². The van der Waals surface area contributed by atoms with Crippen molar-refractivity contribution in [2.75, 3.05) is 6.61 Å². The quantitative estimate of drug-likeness (QED) is 0.848. The van der Waals surface area contributed by atoms with Crippen LogP contribution in [0.3, 0.4) is 0 Å². The molecule has 0 aliphatic heterocycles. The molecular weight excluding hydrogens is 232 g/mol. The molecule has 1 aromatic rings. The van der Waals surface area contributed by atoms with E-state index in [1.807, 2.05) is 11.3 Å². The third kappa shape index (κ3) is 3.06. The Hall–Kier alpha value is -0.450. The number of nitrogens with zero attached hydrogens (tertiary/aromatic N) is 1. The van der Waals surface area contributed by atoms with Crippen LogP contribution in [-0.2, 0) is 12.8 Å². The van der Waals surface area contributed by atoms with E-state index in [2.05, 4.69) is 19.2 Å². The molecule has 0 aromatic carbocycles. The molecule has 0 saturated carbocycles. The van der Waals surface area contributed by atoms with Gasteiger partial charge >= 0.3 is 0 Å². The zero-order valence-electron chi connectivity index (χ0n) is 10.7. The Morgan fingerprint density at radius 1 is 1.59 bits per heavy atom. The molecule has 1 aromatic heterocycles. The van der Waals surface area contributed by atoms with Crippen molar-refractivity contribution in [3.63, 3.8) is 0 Å². The first-order valence-electron chi connectivity index (χ1n) is 6.60. The highest BCUT2D eigenvalue weighted by atomic mass is 32.1. The minimum Gasteiger partial charge on any atom is -0.396 e. The molecule has 0 saturated heterocycles. The van der Waals surface area contributed by atoms with E-state index >= 15 is 0 Å². The predicted octanol–water partition coefficient (Wildman–Crippen LogP) is 2.44. The van der Waals surface area contributed by atoms with Crippen LogP contribution in [-0.4, -0.2) is 22.7 Å². The average molecular weight is 254 g/mol. The minimum absolute atomic E-state index is 0.261. The van der Waals surface area contributed by atoms with E-state index in [1.165, 1.54) is 28.4 Å². The first-order valence-corrected chi connectivity index (χ1v) is 7.41. The fraction of sp³-hybridized carbons (Fsp3) is 0.769. The number of aryl methyl sites for hydroxylation is 2. The number of thiazole rings is 1. The normalized spacial score (nSPS) is 21.2. The Bertz CT molecular complexity index is 364. The average Bonchev–Trinajstić information content (AvgIpc) is 2.73. The smallest absolute Gasteiger partial charge is 0.0928 e. The lowest BCUT2D eigenvalue weighted by atomic mass is 9.97. The van der Waals surface area contributed by atoms with Gasteiger partial charge in [-0.2, -0.15) is 0 Å². The lowest BCUT2D eigenvalue weighted by molar-refractivity contribution is 0.260. The number of hydrogen-bond acceptors (Lipinski definition) is 4. The molecule has 0 spiro atoms. The number of fused-ring (bicyclic) bond motifs is 1. The highest BCUT2D eigenvalue weighted by Crippen LogP contribution is 2.34. The molecular formula is C13H22N2OS. The van der Waals surface area contributed by atoms with Crippen molar-refractivity contribution < 1.29 is 5.11 Å². The molecule has 2 atom stereocenters. The van der Waals surface area contributed by atoms with Gasteiger partial charge in [-0.3, -0.25) is 0 Å². The Morgan fingerprint density at radius 3 is 3.12 bits per heavy atom. The SMILES string of the molecule is CCc1nc2c(s1)C(N[C@H](C)CCO)CCC2. The van der Waals surface area contributed by atoms with Crippen molar-refractivity contribution in [1.29, 1.82) is 0 Å². The third-order valence-electron chi connectivity index (χ3n) is 3.34. The van der Waals surface area contributed by atoms with Gasteiger partial charge in [-0.1, -0.05) is 6.92 Å². The maximum atomic E-state index is 8.95. The Morgan fingerprint density at radius 2 is 2.41 bits per heavy atom. The van der Waals surface area contributed by atoms with Crippen LogP contribution in [0.1, 0.15) is 54.7 Å². The van der Waals surface area contributed by atoms with Crippen molar-refractivity contribution in [3.05, 3.63) is 15.6 Å². The standard InChI is InChI=1S/C13H22N2OS/c1-3-12-15-11-6-4-5-10(13(11)17-12)14-9(2)7-8-16/h9-10,14,16H,3-8H2,1-2H3/t9-,10?/m1/s1. The molecule has 0 amide bonds. The molecule has 96 valence electrons. The highest BCUT2D eigenvalue weighted by molar-refractivity contribution is 7.11. The van der Waals surface area contributed by atoms with Crippen molar-refractivity contribution in [3.8, 4) is 0 Å². The summed E-state index contributed by atoms with van der Waals surface area (Å²) >= 11 is 1.87. The van der Waals surface area contributed by atoms with Crippen molar-refractivity contribution in [1.82, 2.24) is 10.3 Å². The van der Waals surface area contributed by atoms with Crippen LogP contribution in [0.25, 0.3) is 0 Å². The predicted molar refractivity (Wildman–Crippen MR) is 71.5 cm³/mol. The van der Waals surface area contributed by atoms with Gasteiger partial charge in [0.2, 0.25) is 0 Å². The van der Waals surface area contributed by atoms with Crippen molar-refractivity contribution in [2.24, 2.45) is 0 Å². The topological polar surface area (TPSA) is 45.2 Å². The maximum Gasteiger partial charge on any atom is 0.0928 e. The number of aliphatic hydroxyl groups is 1. The largest absolute Gasteiger partial charge is 0.396 e. The summed E-state index contributed by atoms with van der Waals surface area (Å²) in [6.07, 6.45) is 5.43. The van der Waals surface area contributed by atoms with Gasteiger partial charge in [0.25, 0.3) is 0 Å². The maximum absolute atomic E-state index is 8.95. The zero-order valence-corrected chi connectivity index (χ0v) is 11.5. The van der Waals surface area contributed by atoms with E-state index in [0.29, 0.717) is 12.1 Å². The Labute approximate surface area is 107 Å². The first kappa shape index (κ1) is 13.0. The van der Waals surface area contributed by atoms with Gasteiger partial charge < -0.3 is 10.4 Å². The van der Waals surface area contributed by atoms with Crippen LogP contribution < -0.4 is 5.32 Å². The van der Waals surface area contributed by atoms with Crippen LogP contribution in [0.15, 0.2) is 0 Å². The van der Waals surface area contributed by atoms with E-state index in [1.54, 1.807) is 0 Å². The van der Waals surface area contributed by atoms with Crippen LogP contribution >= 0.6 is 11.3 Å². The summed E-state index contributed by atoms with van der Waals surface area (Å²) in [7, 11) is 0. The van der Waals surface area contributed by atoms with Gasteiger partial charge in [-0.25, -0.2) is 4.98 Å². The summed E-state index contributed by atoms with van der Waals surface area (Å²) < 4.78 is 0. The fourth-order valence-electron chi connectivity index (χ4n) is 2.40. The lowest BCUT2D eigenvalue weighted by Crippen LogP contribution is -2.32. The van der Waals surface area contributed by atoms with Gasteiger partial charge in [0.05, 0.1) is 10.7 Å². The van der Waals surface area contributed by atoms with Crippen LogP contribution in [0.5, 0.6) is 0 Å². The van der Waals surface area contributed by atoms with E-state index in [-0.39, 0.29) is 6.61 Å². The molecule has 0 radical (unpaired) electrons. The van der Waals surface area contributed by atoms with Crippen molar-refractivity contribution in [2.45, 2.75) is 58.0 Å². The fourth-order valence-corrected chi connectivity index (χ4v) is 3.55. The van der Waals surface area contributed by atoms with Gasteiger partial charge in [0, 0.05) is 23.6 Å². The number of nitrogens with one attached hydrogen (secondary N) is 1. The lowest BCUT2D eigenvalue weighted by Gasteiger charge is -2.25. The first-order chi connectivity index (χ1) is 8.24. The van der Waals surface area contributed by atoms with Gasteiger partial charge in [0.1, 0.15) is 0 Å². The zero-order chi connectivity index (χ0) is 12.3. The molecule has 1 aliphatic rings. The molecule has 0 fully saturated rings. The highest BCUT2D eigenvalue weighted by Gasteiger charge is 2.24. The van der Waals surface area contributed by atoms with Crippen molar-refractivity contribution >= 4 is 11.3 Å². The van der Waals surface area contributed by atoms with Gasteiger partial charge in [0.15, 0.2) is 0 Å². The third-order valence-corrected chi connectivity index (χ3v) is 4.70. The molecule has 1 heterocycles. The molecule has 1 unspecified atom stereocenters. The second-order valence-electron chi connectivity index (χ2n) is 4.80. The summed E-state index contributed by atoms with van der Waals surface area (Å²) in [4.78, 5) is 6.14. The van der Waals surface area contributed by atoms with Gasteiger partial charge in [-0.15, -0.1) is 11.3 Å². The Kier molecular flexibility index (Phi) is 4.54. The van der Waals surface area contributed by atoms with E-state index in [4.69, 9.17) is 10.1 Å². The number of rotatable bonds is 5. The monoisotopic (exact) mass is 254 g/mol. The second-order valence-corrected chi connectivity index (χ2v) is 5.91. The van der Waals surface area contributed by atoms with E-state index in [0.717, 1.165) is 19.3 Å². The molecule has 1 aliphatic carbocycles. The van der Waals surface area contributed by atoms with E-state index in [9.17, 15) is 0 Å². The molecule has 2 rings (SSSR count).